The van der Waals surface area contributed by atoms with Gasteiger partial charge >= 0.3 is 6.18 Å². The molecular formula is C18H18F3N3O2. The predicted octanol–water partition coefficient (Wildman–Crippen LogP) is 4.27. The van der Waals surface area contributed by atoms with Crippen molar-refractivity contribution in [3.8, 4) is 11.5 Å². The van der Waals surface area contributed by atoms with Crippen molar-refractivity contribution in [1.29, 1.82) is 0 Å². The molecule has 2 aromatic rings. The van der Waals surface area contributed by atoms with Crippen molar-refractivity contribution in [1.82, 2.24) is 4.98 Å². The number of alkyl halides is 3. The first-order chi connectivity index (χ1) is 12.4. The lowest BCUT2D eigenvalue weighted by molar-refractivity contribution is -0.137. The van der Waals surface area contributed by atoms with Gasteiger partial charge in [-0.15, -0.1) is 0 Å². The van der Waals surface area contributed by atoms with Crippen LogP contribution >= 0.6 is 0 Å². The number of pyridine rings is 1. The molecule has 0 saturated heterocycles. The van der Waals surface area contributed by atoms with Gasteiger partial charge in [-0.05, 0) is 38.1 Å². The van der Waals surface area contributed by atoms with Gasteiger partial charge in [0.15, 0.2) is 0 Å². The molecule has 1 N–H and O–H groups in total. The van der Waals surface area contributed by atoms with Crippen LogP contribution in [0, 0.1) is 0 Å². The molecule has 1 aliphatic rings. The van der Waals surface area contributed by atoms with E-state index in [1.165, 1.54) is 12.3 Å². The van der Waals surface area contributed by atoms with Gasteiger partial charge in [0.1, 0.15) is 23.4 Å². The van der Waals surface area contributed by atoms with Crippen molar-refractivity contribution in [2.45, 2.75) is 32.5 Å². The van der Waals surface area contributed by atoms with Crippen LogP contribution in [0.5, 0.6) is 11.5 Å². The van der Waals surface area contributed by atoms with E-state index in [1.807, 2.05) is 26.0 Å². The molecule has 0 spiro atoms. The van der Waals surface area contributed by atoms with Crippen LogP contribution in [0.3, 0.4) is 0 Å². The molecule has 1 aliphatic heterocycles. The molecule has 2 heterocycles. The van der Waals surface area contributed by atoms with Crippen LogP contribution in [-0.2, 0) is 12.6 Å². The van der Waals surface area contributed by atoms with Crippen LogP contribution in [-0.4, -0.2) is 23.9 Å². The maximum absolute atomic E-state index is 12.5. The molecule has 0 aliphatic carbocycles. The Balaban J connectivity index is 1.75. The largest absolute Gasteiger partial charge is 0.493 e. The number of nitrogens with zero attached hydrogens (tertiary/aromatic N) is 2. The van der Waals surface area contributed by atoms with E-state index in [4.69, 9.17) is 9.47 Å². The molecule has 1 aromatic heterocycles. The number of hydrogen-bond acceptors (Lipinski definition) is 5. The summed E-state index contributed by atoms with van der Waals surface area (Å²) in [5.74, 6) is 1.67. The van der Waals surface area contributed by atoms with Crippen molar-refractivity contribution in [2.75, 3.05) is 12.0 Å². The molecule has 26 heavy (non-hydrogen) atoms. The molecule has 0 bridgehead atoms. The molecule has 138 valence electrons. The summed E-state index contributed by atoms with van der Waals surface area (Å²) < 4.78 is 49.0. The number of anilines is 1. The zero-order valence-corrected chi connectivity index (χ0v) is 14.3. The third kappa shape index (κ3) is 4.07. The highest BCUT2D eigenvalue weighted by Crippen LogP contribution is 2.34. The standard InChI is InChI=1S/C18H18F3N3O2/c1-3-25-15-7-12-6-11(2)26-16(12)8-13(15)9-23-24-17-5-4-14(10-22-17)18(19,20)21/h4-5,7-11H,3,6H2,1-2H3,(H,22,24)/b23-9-/t11-/m0/s1. The maximum atomic E-state index is 12.5. The normalized spacial score (nSPS) is 16.4. The smallest absolute Gasteiger partial charge is 0.417 e. The van der Waals surface area contributed by atoms with Crippen LogP contribution in [0.1, 0.15) is 30.5 Å². The van der Waals surface area contributed by atoms with E-state index in [-0.39, 0.29) is 11.9 Å². The molecule has 1 atom stereocenters. The second-order valence-electron chi connectivity index (χ2n) is 5.86. The van der Waals surface area contributed by atoms with E-state index >= 15 is 0 Å². The van der Waals surface area contributed by atoms with Gasteiger partial charge in [0.05, 0.1) is 18.4 Å². The lowest BCUT2D eigenvalue weighted by Crippen LogP contribution is -2.05. The monoisotopic (exact) mass is 365 g/mol. The number of hydrogen-bond donors (Lipinski definition) is 1. The third-order valence-electron chi connectivity index (χ3n) is 3.80. The van der Waals surface area contributed by atoms with Crippen molar-refractivity contribution in [2.24, 2.45) is 5.10 Å². The molecule has 5 nitrogen and oxygen atoms in total. The Bertz CT molecular complexity index is 805. The highest BCUT2D eigenvalue weighted by atomic mass is 19.4. The van der Waals surface area contributed by atoms with Gasteiger partial charge in [-0.25, -0.2) is 4.98 Å². The van der Waals surface area contributed by atoms with Gasteiger partial charge in [-0.3, -0.25) is 5.43 Å². The Labute approximate surface area is 148 Å². The summed E-state index contributed by atoms with van der Waals surface area (Å²) in [6.45, 7) is 4.38. The van der Waals surface area contributed by atoms with Gasteiger partial charge in [-0.1, -0.05) is 0 Å². The van der Waals surface area contributed by atoms with Gasteiger partial charge in [0.25, 0.3) is 0 Å². The molecule has 8 heteroatoms. The van der Waals surface area contributed by atoms with Gasteiger partial charge < -0.3 is 9.47 Å². The summed E-state index contributed by atoms with van der Waals surface area (Å²) >= 11 is 0. The minimum absolute atomic E-state index is 0.112. The molecule has 0 amide bonds. The first-order valence-electron chi connectivity index (χ1n) is 8.15. The molecule has 0 fully saturated rings. The number of benzene rings is 1. The van der Waals surface area contributed by atoms with E-state index < -0.39 is 11.7 Å². The van der Waals surface area contributed by atoms with E-state index in [0.717, 1.165) is 30.0 Å². The molecule has 0 unspecified atom stereocenters. The second kappa shape index (κ2) is 7.23. The van der Waals surface area contributed by atoms with E-state index in [1.54, 1.807) is 0 Å². The average Bonchev–Trinajstić information content (AvgIpc) is 2.94. The predicted molar refractivity (Wildman–Crippen MR) is 91.9 cm³/mol. The van der Waals surface area contributed by atoms with Crippen molar-refractivity contribution >= 4 is 12.0 Å². The average molecular weight is 365 g/mol. The first kappa shape index (κ1) is 18.0. The Morgan fingerprint density at radius 3 is 2.85 bits per heavy atom. The molecular weight excluding hydrogens is 347 g/mol. The Hall–Kier alpha value is -2.77. The van der Waals surface area contributed by atoms with Crippen LogP contribution < -0.4 is 14.9 Å². The highest BCUT2D eigenvalue weighted by molar-refractivity contribution is 5.85. The summed E-state index contributed by atoms with van der Waals surface area (Å²) in [7, 11) is 0. The maximum Gasteiger partial charge on any atom is 0.417 e. The fourth-order valence-corrected chi connectivity index (χ4v) is 2.63. The van der Waals surface area contributed by atoms with E-state index in [0.29, 0.717) is 17.9 Å². The number of hydrazone groups is 1. The van der Waals surface area contributed by atoms with Gasteiger partial charge in [0, 0.05) is 23.7 Å². The lowest BCUT2D eigenvalue weighted by Gasteiger charge is -2.10. The summed E-state index contributed by atoms with van der Waals surface area (Å²) in [6, 6.07) is 5.94. The summed E-state index contributed by atoms with van der Waals surface area (Å²) in [4.78, 5) is 3.70. The molecule has 1 aromatic carbocycles. The summed E-state index contributed by atoms with van der Waals surface area (Å²) in [5, 5.41) is 4.04. The third-order valence-corrected chi connectivity index (χ3v) is 3.80. The molecule has 0 saturated carbocycles. The Kier molecular flexibility index (Phi) is 5.01. The Morgan fingerprint density at radius 2 is 2.19 bits per heavy atom. The van der Waals surface area contributed by atoms with Crippen LogP contribution in [0.4, 0.5) is 19.0 Å². The quantitative estimate of drug-likeness (QED) is 0.635. The van der Waals surface area contributed by atoms with Gasteiger partial charge in [0.2, 0.25) is 0 Å². The zero-order valence-electron chi connectivity index (χ0n) is 14.3. The lowest BCUT2D eigenvalue weighted by atomic mass is 10.1. The summed E-state index contributed by atoms with van der Waals surface area (Å²) in [6.07, 6.45) is -1.20. The van der Waals surface area contributed by atoms with Crippen molar-refractivity contribution in [3.05, 3.63) is 47.2 Å². The molecule has 0 radical (unpaired) electrons. The number of nitrogens with one attached hydrogen (secondary N) is 1. The number of ether oxygens (including phenoxy) is 2. The zero-order chi connectivity index (χ0) is 18.7. The minimum Gasteiger partial charge on any atom is -0.493 e. The Morgan fingerprint density at radius 1 is 1.38 bits per heavy atom. The fourth-order valence-electron chi connectivity index (χ4n) is 2.63. The number of aromatic nitrogens is 1. The second-order valence-corrected chi connectivity index (χ2v) is 5.86. The van der Waals surface area contributed by atoms with Gasteiger partial charge in [-0.2, -0.15) is 18.3 Å². The van der Waals surface area contributed by atoms with E-state index in [2.05, 4.69) is 15.5 Å². The fraction of sp³-hybridized carbons (Fsp3) is 0.333. The van der Waals surface area contributed by atoms with Crippen LogP contribution in [0.2, 0.25) is 0 Å². The highest BCUT2D eigenvalue weighted by Gasteiger charge is 2.30. The number of rotatable bonds is 5. The summed E-state index contributed by atoms with van der Waals surface area (Å²) in [5.41, 5.74) is 3.59. The number of fused-ring (bicyclic) bond motifs is 1. The van der Waals surface area contributed by atoms with Crippen LogP contribution in [0.25, 0.3) is 0 Å². The topological polar surface area (TPSA) is 55.7 Å². The minimum atomic E-state index is -4.41. The first-order valence-corrected chi connectivity index (χ1v) is 8.15. The van der Waals surface area contributed by atoms with Crippen molar-refractivity contribution < 1.29 is 22.6 Å². The van der Waals surface area contributed by atoms with Crippen LogP contribution in [0.15, 0.2) is 35.6 Å². The molecule has 3 rings (SSSR count). The number of halogens is 3. The van der Waals surface area contributed by atoms with Crippen molar-refractivity contribution in [3.63, 3.8) is 0 Å². The van der Waals surface area contributed by atoms with E-state index in [9.17, 15) is 13.2 Å². The SMILES string of the molecule is CCOc1cc2c(cc1/C=N\Nc1ccc(C(F)(F)F)cn1)O[C@@H](C)C2.